The molecule has 1 saturated heterocycles. The number of hydrogen-bond donors (Lipinski definition) is 1. The average molecular weight is 447 g/mol. The Labute approximate surface area is 189 Å². The van der Waals surface area contributed by atoms with E-state index in [-0.39, 0.29) is 36.1 Å². The quantitative estimate of drug-likeness (QED) is 0.448. The highest BCUT2D eigenvalue weighted by Gasteiger charge is 2.28. The summed E-state index contributed by atoms with van der Waals surface area (Å²) in [6.07, 6.45) is 2.32. The van der Waals surface area contributed by atoms with Crippen molar-refractivity contribution in [1.29, 1.82) is 0 Å². The molecule has 0 spiro atoms. The molecule has 11 nitrogen and oxygen atoms in total. The highest BCUT2D eigenvalue weighted by molar-refractivity contribution is 5.98. The van der Waals surface area contributed by atoms with Crippen LogP contribution in [0.1, 0.15) is 33.0 Å². The molecule has 1 aliphatic heterocycles. The van der Waals surface area contributed by atoms with Crippen molar-refractivity contribution in [2.24, 2.45) is 0 Å². The lowest BCUT2D eigenvalue weighted by Crippen LogP contribution is -2.48. The maximum Gasteiger partial charge on any atom is 0.282 e. The fourth-order valence-corrected chi connectivity index (χ4v) is 3.52. The molecule has 2 aromatic heterocycles. The highest BCUT2D eigenvalue weighted by atomic mass is 16.6. The average Bonchev–Trinajstić information content (AvgIpc) is 2.87. The zero-order chi connectivity index (χ0) is 23.2. The Morgan fingerprint density at radius 1 is 1.03 bits per heavy atom. The zero-order valence-corrected chi connectivity index (χ0v) is 17.6. The minimum atomic E-state index is -0.557. The topological polar surface area (TPSA) is 134 Å². The molecule has 2 amide bonds. The summed E-state index contributed by atoms with van der Waals surface area (Å²) in [4.78, 5) is 43.5. The second-order valence-corrected chi connectivity index (χ2v) is 7.38. The Morgan fingerprint density at radius 3 is 2.58 bits per heavy atom. The number of carbonyl (C=O) groups excluding carboxylic acids is 2. The number of carbonyl (C=O) groups is 2. The van der Waals surface area contributed by atoms with Crippen molar-refractivity contribution in [3.8, 4) is 0 Å². The van der Waals surface area contributed by atoms with E-state index in [1.54, 1.807) is 35.4 Å². The van der Waals surface area contributed by atoms with Crippen molar-refractivity contribution in [3.05, 3.63) is 87.9 Å². The third-order valence-corrected chi connectivity index (χ3v) is 5.18. The number of pyridine rings is 1. The van der Waals surface area contributed by atoms with Crippen LogP contribution in [0.4, 0.5) is 11.5 Å². The second-order valence-electron chi connectivity index (χ2n) is 7.38. The number of amides is 2. The van der Waals surface area contributed by atoms with E-state index < -0.39 is 10.8 Å². The molecule has 11 heteroatoms. The van der Waals surface area contributed by atoms with E-state index >= 15 is 0 Å². The lowest BCUT2D eigenvalue weighted by atomic mass is 10.1. The monoisotopic (exact) mass is 447 g/mol. The van der Waals surface area contributed by atoms with E-state index in [4.69, 9.17) is 0 Å². The van der Waals surface area contributed by atoms with Crippen molar-refractivity contribution >= 4 is 23.3 Å². The van der Waals surface area contributed by atoms with E-state index in [2.05, 4.69) is 20.5 Å². The maximum absolute atomic E-state index is 12.9. The molecule has 1 aliphatic rings. The van der Waals surface area contributed by atoms with Gasteiger partial charge in [-0.1, -0.05) is 18.2 Å². The number of nitro groups is 1. The number of para-hydroxylation sites is 1. The van der Waals surface area contributed by atoms with Gasteiger partial charge < -0.3 is 15.1 Å². The van der Waals surface area contributed by atoms with Crippen LogP contribution in [0, 0.1) is 10.1 Å². The number of nitro benzene ring substituents is 1. The van der Waals surface area contributed by atoms with Gasteiger partial charge in [0.2, 0.25) is 0 Å². The first-order valence-electron chi connectivity index (χ1n) is 10.3. The van der Waals surface area contributed by atoms with Gasteiger partial charge in [0.1, 0.15) is 5.56 Å². The van der Waals surface area contributed by atoms with Gasteiger partial charge in [-0.05, 0) is 36.8 Å². The molecule has 0 radical (unpaired) electrons. The zero-order valence-electron chi connectivity index (χ0n) is 17.6. The molecule has 1 aromatic carbocycles. The first kappa shape index (κ1) is 21.8. The molecule has 33 heavy (non-hydrogen) atoms. The first-order chi connectivity index (χ1) is 16.0. The smallest absolute Gasteiger partial charge is 0.282 e. The second kappa shape index (κ2) is 9.81. The van der Waals surface area contributed by atoms with Crippen LogP contribution in [-0.4, -0.2) is 56.6 Å². The van der Waals surface area contributed by atoms with Gasteiger partial charge in [-0.2, -0.15) is 0 Å². The minimum absolute atomic E-state index is 0.0513. The van der Waals surface area contributed by atoms with Crippen LogP contribution in [-0.2, 0) is 6.54 Å². The summed E-state index contributed by atoms with van der Waals surface area (Å²) in [5, 5.41) is 22.2. The Kier molecular flexibility index (Phi) is 6.48. The van der Waals surface area contributed by atoms with Gasteiger partial charge in [-0.15, -0.1) is 10.2 Å². The molecular formula is C22H21N7O4. The molecule has 0 saturated carbocycles. The van der Waals surface area contributed by atoms with Crippen molar-refractivity contribution in [1.82, 2.24) is 25.4 Å². The maximum atomic E-state index is 12.9. The summed E-state index contributed by atoms with van der Waals surface area (Å²) in [6.45, 7) is 1.60. The lowest BCUT2D eigenvalue weighted by Gasteiger charge is -2.36. The summed E-state index contributed by atoms with van der Waals surface area (Å²) in [7, 11) is 0. The van der Waals surface area contributed by atoms with E-state index in [0.717, 1.165) is 5.69 Å². The van der Waals surface area contributed by atoms with Gasteiger partial charge >= 0.3 is 0 Å². The van der Waals surface area contributed by atoms with Crippen LogP contribution in [0.3, 0.4) is 0 Å². The minimum Gasteiger partial charge on any atom is -0.345 e. The van der Waals surface area contributed by atoms with Gasteiger partial charge in [0.05, 0.1) is 23.8 Å². The number of aromatic nitrogens is 3. The molecule has 0 unspecified atom stereocenters. The van der Waals surface area contributed by atoms with Crippen LogP contribution in [0.5, 0.6) is 0 Å². The largest absolute Gasteiger partial charge is 0.345 e. The predicted octanol–water partition coefficient (Wildman–Crippen LogP) is 2.02. The normalized spacial score (nSPS) is 13.5. The molecule has 1 fully saturated rings. The van der Waals surface area contributed by atoms with Crippen LogP contribution in [0.25, 0.3) is 0 Å². The van der Waals surface area contributed by atoms with Crippen LogP contribution in [0.15, 0.2) is 60.8 Å². The van der Waals surface area contributed by atoms with Gasteiger partial charge in [0.15, 0.2) is 11.5 Å². The van der Waals surface area contributed by atoms with Crippen molar-refractivity contribution in [2.45, 2.75) is 13.0 Å². The van der Waals surface area contributed by atoms with E-state index in [9.17, 15) is 19.7 Å². The number of anilines is 1. The SMILES string of the molecule is O=C(NCc1ccccn1)c1ccc(N2CCCN(C(=O)c3ccccc3[N+](=O)[O-])C2)nn1. The molecule has 3 heterocycles. The molecule has 0 aliphatic carbocycles. The fraction of sp³-hybridized carbons (Fsp3) is 0.227. The summed E-state index contributed by atoms with van der Waals surface area (Å²) < 4.78 is 0. The van der Waals surface area contributed by atoms with E-state index in [1.807, 2.05) is 17.0 Å². The Hall–Kier alpha value is -4.41. The number of rotatable bonds is 6. The first-order valence-corrected chi connectivity index (χ1v) is 10.3. The number of nitrogens with zero attached hydrogens (tertiary/aromatic N) is 6. The Balaban J connectivity index is 1.41. The van der Waals surface area contributed by atoms with Crippen molar-refractivity contribution in [3.63, 3.8) is 0 Å². The van der Waals surface area contributed by atoms with Gasteiger partial charge in [-0.25, -0.2) is 0 Å². The van der Waals surface area contributed by atoms with Crippen LogP contribution >= 0.6 is 0 Å². The molecule has 0 atom stereocenters. The van der Waals surface area contributed by atoms with E-state index in [0.29, 0.717) is 25.3 Å². The summed E-state index contributed by atoms with van der Waals surface area (Å²) >= 11 is 0. The lowest BCUT2D eigenvalue weighted by molar-refractivity contribution is -0.385. The van der Waals surface area contributed by atoms with E-state index in [1.165, 1.54) is 18.2 Å². The number of hydrogen-bond acceptors (Lipinski definition) is 8. The molecule has 3 aromatic rings. The highest BCUT2D eigenvalue weighted by Crippen LogP contribution is 2.22. The number of nitrogens with one attached hydrogen (secondary N) is 1. The van der Waals surface area contributed by atoms with Gasteiger partial charge in [0.25, 0.3) is 17.5 Å². The fourth-order valence-electron chi connectivity index (χ4n) is 3.52. The Bertz CT molecular complexity index is 1150. The number of benzene rings is 1. The Morgan fingerprint density at radius 2 is 1.85 bits per heavy atom. The third-order valence-electron chi connectivity index (χ3n) is 5.18. The standard InChI is InChI=1S/C22H21N7O4/c30-21(24-14-16-6-3-4-11-23-16)18-9-10-20(26-25-18)27-12-5-13-28(15-27)22(31)17-7-1-2-8-19(17)29(32)33/h1-4,6-11H,5,12-15H2,(H,24,30). The van der Waals surface area contributed by atoms with Crippen LogP contribution in [0.2, 0.25) is 0 Å². The summed E-state index contributed by atoms with van der Waals surface area (Å²) in [5.74, 6) is -0.270. The van der Waals surface area contributed by atoms with Crippen molar-refractivity contribution in [2.75, 3.05) is 24.7 Å². The van der Waals surface area contributed by atoms with Crippen molar-refractivity contribution < 1.29 is 14.5 Å². The predicted molar refractivity (Wildman–Crippen MR) is 118 cm³/mol. The van der Waals surface area contributed by atoms with Gasteiger partial charge in [-0.3, -0.25) is 24.7 Å². The third kappa shape index (κ3) is 5.09. The molecule has 4 rings (SSSR count). The molecule has 168 valence electrons. The molecular weight excluding hydrogens is 426 g/mol. The molecule has 0 bridgehead atoms. The van der Waals surface area contributed by atoms with Crippen LogP contribution < -0.4 is 10.2 Å². The summed E-state index contributed by atoms with van der Waals surface area (Å²) in [6, 6.07) is 14.6. The summed E-state index contributed by atoms with van der Waals surface area (Å²) in [5.41, 5.74) is 0.725. The molecule has 1 N–H and O–H groups in total. The van der Waals surface area contributed by atoms with Gasteiger partial charge in [0, 0.05) is 25.4 Å².